The van der Waals surface area contributed by atoms with Crippen molar-refractivity contribution in [2.24, 2.45) is 0 Å². The predicted molar refractivity (Wildman–Crippen MR) is 75.8 cm³/mol. The maximum Gasteiger partial charge on any atom is 0.422 e. The highest BCUT2D eigenvalue weighted by Gasteiger charge is 2.41. The molecule has 1 unspecified atom stereocenters. The van der Waals surface area contributed by atoms with Crippen molar-refractivity contribution in [3.63, 3.8) is 0 Å². The smallest absolute Gasteiger partial charge is 0.422 e. The van der Waals surface area contributed by atoms with E-state index in [-0.39, 0.29) is 11.5 Å². The second-order valence-corrected chi connectivity index (χ2v) is 6.42. The van der Waals surface area contributed by atoms with Gasteiger partial charge in [0.25, 0.3) is 6.30 Å². The first kappa shape index (κ1) is 20.1. The van der Waals surface area contributed by atoms with Gasteiger partial charge in [-0.15, -0.1) is 0 Å². The SMILES string of the molecule is CCOC(=O)C(F)N(C(=O)OC(C)(C)C)C(=O)OC(C)(C)C. The summed E-state index contributed by atoms with van der Waals surface area (Å²) in [7, 11) is 0. The van der Waals surface area contributed by atoms with Gasteiger partial charge < -0.3 is 14.2 Å². The molecule has 8 heteroatoms. The molecule has 0 bridgehead atoms. The van der Waals surface area contributed by atoms with Crippen LogP contribution in [0.1, 0.15) is 48.5 Å². The second-order valence-electron chi connectivity index (χ2n) is 6.42. The molecule has 0 aliphatic heterocycles. The fourth-order valence-corrected chi connectivity index (χ4v) is 1.20. The van der Waals surface area contributed by atoms with Crippen molar-refractivity contribution in [1.82, 2.24) is 4.90 Å². The van der Waals surface area contributed by atoms with E-state index in [1.165, 1.54) is 48.5 Å². The van der Waals surface area contributed by atoms with Gasteiger partial charge in [-0.05, 0) is 48.5 Å². The van der Waals surface area contributed by atoms with Gasteiger partial charge in [-0.25, -0.2) is 18.8 Å². The Morgan fingerprint density at radius 2 is 1.32 bits per heavy atom. The molecule has 0 aromatic carbocycles. The number of carbonyl (C=O) groups excluding carboxylic acids is 3. The first-order chi connectivity index (χ1) is 9.78. The van der Waals surface area contributed by atoms with Gasteiger partial charge in [0, 0.05) is 0 Å². The minimum atomic E-state index is -2.65. The fourth-order valence-electron chi connectivity index (χ4n) is 1.20. The van der Waals surface area contributed by atoms with Crippen molar-refractivity contribution >= 4 is 18.2 Å². The molecule has 1 atom stereocenters. The van der Waals surface area contributed by atoms with Crippen LogP contribution >= 0.6 is 0 Å². The van der Waals surface area contributed by atoms with Crippen LogP contribution in [0.25, 0.3) is 0 Å². The molecule has 0 saturated heterocycles. The lowest BCUT2D eigenvalue weighted by atomic mass is 10.2. The van der Waals surface area contributed by atoms with Crippen LogP contribution in [0.2, 0.25) is 0 Å². The van der Waals surface area contributed by atoms with E-state index < -0.39 is 35.7 Å². The molecule has 0 aromatic rings. The molecule has 0 heterocycles. The summed E-state index contributed by atoms with van der Waals surface area (Å²) in [5.41, 5.74) is -1.96. The topological polar surface area (TPSA) is 82.1 Å². The van der Waals surface area contributed by atoms with Gasteiger partial charge in [-0.3, -0.25) is 0 Å². The molecule has 7 nitrogen and oxygen atoms in total. The molecule has 0 N–H and O–H groups in total. The first-order valence-corrected chi connectivity index (χ1v) is 6.84. The third kappa shape index (κ3) is 7.24. The molecule has 0 radical (unpaired) electrons. The molecule has 0 aliphatic rings. The average Bonchev–Trinajstić information content (AvgIpc) is 2.23. The number of alkyl halides is 1. The number of imide groups is 1. The van der Waals surface area contributed by atoms with Crippen LogP contribution in [-0.4, -0.2) is 47.2 Å². The summed E-state index contributed by atoms with van der Waals surface area (Å²) in [6, 6.07) is 0. The highest BCUT2D eigenvalue weighted by atomic mass is 19.1. The number of ether oxygens (including phenoxy) is 3. The predicted octanol–water partition coefficient (Wildman–Crippen LogP) is 3.02. The van der Waals surface area contributed by atoms with Crippen LogP contribution < -0.4 is 0 Å². The number of nitrogens with zero attached hydrogens (tertiary/aromatic N) is 1. The van der Waals surface area contributed by atoms with Gasteiger partial charge in [-0.2, -0.15) is 4.90 Å². The largest absolute Gasteiger partial charge is 0.462 e. The van der Waals surface area contributed by atoms with Gasteiger partial charge in [0.1, 0.15) is 11.2 Å². The van der Waals surface area contributed by atoms with Crippen molar-refractivity contribution in [3.05, 3.63) is 0 Å². The lowest BCUT2D eigenvalue weighted by Crippen LogP contribution is -2.50. The number of hydrogen-bond donors (Lipinski definition) is 0. The molecule has 0 rings (SSSR count). The number of carbonyl (C=O) groups is 3. The van der Waals surface area contributed by atoms with Crippen LogP contribution in [0, 0.1) is 0 Å². The molecule has 0 saturated carbocycles. The zero-order valence-electron chi connectivity index (χ0n) is 14.1. The Morgan fingerprint density at radius 1 is 0.955 bits per heavy atom. The molecule has 0 aromatic heterocycles. The van der Waals surface area contributed by atoms with Crippen LogP contribution in [0.4, 0.5) is 14.0 Å². The molecule has 128 valence electrons. The Labute approximate surface area is 129 Å². The lowest BCUT2D eigenvalue weighted by molar-refractivity contribution is -0.155. The maximum absolute atomic E-state index is 14.1. The third-order valence-corrected chi connectivity index (χ3v) is 1.89. The van der Waals surface area contributed by atoms with E-state index in [0.29, 0.717) is 0 Å². The Morgan fingerprint density at radius 3 is 1.59 bits per heavy atom. The van der Waals surface area contributed by atoms with Crippen LogP contribution in [0.15, 0.2) is 0 Å². The van der Waals surface area contributed by atoms with Crippen molar-refractivity contribution in [3.8, 4) is 0 Å². The van der Waals surface area contributed by atoms with Crippen molar-refractivity contribution in [2.45, 2.75) is 66.0 Å². The first-order valence-electron chi connectivity index (χ1n) is 6.84. The van der Waals surface area contributed by atoms with E-state index in [0.717, 1.165) is 0 Å². The van der Waals surface area contributed by atoms with Gasteiger partial charge >= 0.3 is 18.2 Å². The van der Waals surface area contributed by atoms with Crippen molar-refractivity contribution < 1.29 is 33.0 Å². The summed E-state index contributed by atoms with van der Waals surface area (Å²) in [5, 5.41) is 0. The molecule has 0 aliphatic carbocycles. The molecular formula is C14H24FNO6. The maximum atomic E-state index is 14.1. The average molecular weight is 321 g/mol. The van der Waals surface area contributed by atoms with Crippen molar-refractivity contribution in [1.29, 1.82) is 0 Å². The fraction of sp³-hybridized carbons (Fsp3) is 0.786. The normalized spacial score (nSPS) is 13.1. The molecule has 22 heavy (non-hydrogen) atoms. The summed E-state index contributed by atoms with van der Waals surface area (Å²) < 4.78 is 28.5. The van der Waals surface area contributed by atoms with Crippen LogP contribution in [0.3, 0.4) is 0 Å². The van der Waals surface area contributed by atoms with E-state index in [2.05, 4.69) is 4.74 Å². The quantitative estimate of drug-likeness (QED) is 0.451. The van der Waals surface area contributed by atoms with Gasteiger partial charge in [0.05, 0.1) is 6.61 Å². The number of esters is 1. The van der Waals surface area contributed by atoms with Gasteiger partial charge in [0.15, 0.2) is 0 Å². The highest BCUT2D eigenvalue weighted by Crippen LogP contribution is 2.18. The molecular weight excluding hydrogens is 297 g/mol. The zero-order valence-corrected chi connectivity index (χ0v) is 14.1. The van der Waals surface area contributed by atoms with Gasteiger partial charge in [0.2, 0.25) is 0 Å². The highest BCUT2D eigenvalue weighted by molar-refractivity contribution is 5.93. The Balaban J connectivity index is 5.35. The molecule has 2 amide bonds. The molecule has 0 spiro atoms. The summed E-state index contributed by atoms with van der Waals surface area (Å²) in [5.74, 6) is -1.38. The van der Waals surface area contributed by atoms with E-state index in [1.807, 2.05) is 0 Å². The minimum absolute atomic E-state index is 0.0332. The Kier molecular flexibility index (Phi) is 6.79. The standard InChI is InChI=1S/C14H24FNO6/c1-8-20-10(17)9(15)16(11(18)21-13(2,3)4)12(19)22-14(5,6)7/h9H,8H2,1-7H3. The van der Waals surface area contributed by atoms with E-state index in [4.69, 9.17) is 9.47 Å². The number of hydrogen-bond acceptors (Lipinski definition) is 6. The lowest BCUT2D eigenvalue weighted by Gasteiger charge is -2.29. The third-order valence-electron chi connectivity index (χ3n) is 1.89. The van der Waals surface area contributed by atoms with E-state index >= 15 is 0 Å². The Hall–Kier alpha value is -1.86. The van der Waals surface area contributed by atoms with Gasteiger partial charge in [-0.1, -0.05) is 0 Å². The number of halogens is 1. The van der Waals surface area contributed by atoms with Crippen LogP contribution in [-0.2, 0) is 19.0 Å². The Bertz CT molecular complexity index is 396. The summed E-state index contributed by atoms with van der Waals surface area (Å²) in [4.78, 5) is 35.4. The van der Waals surface area contributed by atoms with E-state index in [9.17, 15) is 18.8 Å². The molecule has 0 fully saturated rings. The zero-order chi connectivity index (χ0) is 17.7. The van der Waals surface area contributed by atoms with Crippen molar-refractivity contribution in [2.75, 3.05) is 6.61 Å². The summed E-state index contributed by atoms with van der Waals surface area (Å²) in [6.45, 7) is 10.6. The number of amides is 2. The number of rotatable bonds is 3. The minimum Gasteiger partial charge on any atom is -0.462 e. The second kappa shape index (κ2) is 7.42. The summed E-state index contributed by atoms with van der Waals surface area (Å²) >= 11 is 0. The summed E-state index contributed by atoms with van der Waals surface area (Å²) in [6.07, 6.45) is -5.31. The monoisotopic (exact) mass is 321 g/mol. The van der Waals surface area contributed by atoms with Crippen LogP contribution in [0.5, 0.6) is 0 Å². The van der Waals surface area contributed by atoms with E-state index in [1.54, 1.807) is 0 Å².